The molecule has 1 aromatic heterocycles. The number of amides is 1. The van der Waals surface area contributed by atoms with E-state index in [-0.39, 0.29) is 12.1 Å². The number of carbonyl (C=O) groups excluding carboxylic acids is 1. The molecule has 0 spiro atoms. The molecule has 1 N–H and O–H groups in total. The highest BCUT2D eigenvalue weighted by Crippen LogP contribution is 2.28. The van der Waals surface area contributed by atoms with Crippen LogP contribution in [0.1, 0.15) is 57.7 Å². The predicted molar refractivity (Wildman–Crippen MR) is 80.1 cm³/mol. The lowest BCUT2D eigenvalue weighted by molar-refractivity contribution is -0.130. The monoisotopic (exact) mass is 280 g/mol. The summed E-state index contributed by atoms with van der Waals surface area (Å²) >= 11 is 1.69. The summed E-state index contributed by atoms with van der Waals surface area (Å²) in [6.07, 6.45) is 6.24. The third-order valence-electron chi connectivity index (χ3n) is 3.82. The summed E-state index contributed by atoms with van der Waals surface area (Å²) in [5, 5.41) is 7.53. The van der Waals surface area contributed by atoms with Gasteiger partial charge in [-0.3, -0.25) is 10.1 Å². The lowest BCUT2D eigenvalue weighted by Crippen LogP contribution is -2.37. The van der Waals surface area contributed by atoms with Crippen LogP contribution in [0.3, 0.4) is 0 Å². The molecule has 0 saturated carbocycles. The molecule has 2 rings (SSSR count). The zero-order chi connectivity index (χ0) is 13.7. The maximum atomic E-state index is 12.1. The first kappa shape index (κ1) is 14.5. The zero-order valence-corrected chi connectivity index (χ0v) is 12.7. The van der Waals surface area contributed by atoms with Gasteiger partial charge in [0.15, 0.2) is 0 Å². The molecule has 1 fully saturated rings. The average Bonchev–Trinajstić information content (AvgIpc) is 3.03. The molecule has 1 aliphatic rings. The van der Waals surface area contributed by atoms with Crippen LogP contribution in [-0.2, 0) is 4.79 Å². The van der Waals surface area contributed by atoms with Gasteiger partial charge in [0.05, 0.1) is 6.54 Å². The molecular weight excluding hydrogens is 256 g/mol. The lowest BCUT2D eigenvalue weighted by Gasteiger charge is -2.30. The van der Waals surface area contributed by atoms with Gasteiger partial charge in [-0.1, -0.05) is 32.6 Å². The van der Waals surface area contributed by atoms with Gasteiger partial charge in [0.2, 0.25) is 5.91 Å². The lowest BCUT2D eigenvalue weighted by atomic mass is 10.1. The molecule has 0 radical (unpaired) electrons. The summed E-state index contributed by atoms with van der Waals surface area (Å²) < 4.78 is 0. The van der Waals surface area contributed by atoms with E-state index >= 15 is 0 Å². The molecule has 0 aliphatic carbocycles. The van der Waals surface area contributed by atoms with Gasteiger partial charge in [0.1, 0.15) is 6.17 Å². The molecule has 2 atom stereocenters. The van der Waals surface area contributed by atoms with E-state index in [1.807, 2.05) is 4.90 Å². The van der Waals surface area contributed by atoms with Crippen molar-refractivity contribution >= 4 is 17.2 Å². The number of carbonyl (C=O) groups is 1. The fraction of sp³-hybridized carbons (Fsp3) is 0.667. The van der Waals surface area contributed by atoms with Crippen LogP contribution >= 0.6 is 11.3 Å². The minimum Gasteiger partial charge on any atom is -0.319 e. The van der Waals surface area contributed by atoms with Crippen LogP contribution in [0.15, 0.2) is 16.8 Å². The third kappa shape index (κ3) is 3.57. The van der Waals surface area contributed by atoms with Crippen molar-refractivity contribution < 1.29 is 4.79 Å². The molecule has 1 saturated heterocycles. The van der Waals surface area contributed by atoms with Gasteiger partial charge < -0.3 is 4.90 Å². The Balaban J connectivity index is 1.93. The van der Waals surface area contributed by atoms with Crippen molar-refractivity contribution in [3.8, 4) is 0 Å². The van der Waals surface area contributed by atoms with Crippen molar-refractivity contribution in [2.45, 2.75) is 58.2 Å². The van der Waals surface area contributed by atoms with Crippen molar-refractivity contribution in [3.63, 3.8) is 0 Å². The Hall–Kier alpha value is -0.870. The number of nitrogens with one attached hydrogen (secondary N) is 1. The fourth-order valence-corrected chi connectivity index (χ4v) is 3.41. The minimum absolute atomic E-state index is 0.0833. The normalized spacial score (nSPS) is 21.1. The van der Waals surface area contributed by atoms with Crippen LogP contribution in [0, 0.1) is 0 Å². The van der Waals surface area contributed by atoms with E-state index in [9.17, 15) is 4.79 Å². The molecular formula is C15H24N2OS. The molecule has 3 nitrogen and oxygen atoms in total. The van der Waals surface area contributed by atoms with E-state index in [2.05, 4.69) is 36.0 Å². The molecule has 0 bridgehead atoms. The van der Waals surface area contributed by atoms with Gasteiger partial charge in [-0.15, -0.1) is 0 Å². The first-order chi connectivity index (χ1) is 9.24. The smallest absolute Gasteiger partial charge is 0.238 e. The Morgan fingerprint density at radius 2 is 2.32 bits per heavy atom. The van der Waals surface area contributed by atoms with Crippen molar-refractivity contribution in [2.75, 3.05) is 6.54 Å². The van der Waals surface area contributed by atoms with Crippen LogP contribution in [-0.4, -0.2) is 23.4 Å². The minimum atomic E-state index is 0.0833. The van der Waals surface area contributed by atoms with Gasteiger partial charge in [0, 0.05) is 6.04 Å². The average molecular weight is 280 g/mol. The Bertz CT molecular complexity index is 391. The van der Waals surface area contributed by atoms with Crippen LogP contribution < -0.4 is 5.32 Å². The van der Waals surface area contributed by atoms with Crippen molar-refractivity contribution in [1.82, 2.24) is 10.2 Å². The van der Waals surface area contributed by atoms with E-state index in [1.54, 1.807) is 11.3 Å². The highest BCUT2D eigenvalue weighted by atomic mass is 32.1. The van der Waals surface area contributed by atoms with Crippen LogP contribution in [0.4, 0.5) is 0 Å². The molecule has 2 heterocycles. The summed E-state index contributed by atoms with van der Waals surface area (Å²) in [5.41, 5.74) is 1.22. The second-order valence-electron chi connectivity index (χ2n) is 5.34. The van der Waals surface area contributed by atoms with Gasteiger partial charge in [-0.05, 0) is 35.7 Å². The zero-order valence-electron chi connectivity index (χ0n) is 11.9. The van der Waals surface area contributed by atoms with Crippen molar-refractivity contribution in [1.29, 1.82) is 0 Å². The molecule has 19 heavy (non-hydrogen) atoms. The largest absolute Gasteiger partial charge is 0.319 e. The maximum Gasteiger partial charge on any atom is 0.238 e. The maximum absolute atomic E-state index is 12.1. The fourth-order valence-electron chi connectivity index (χ4n) is 2.73. The van der Waals surface area contributed by atoms with Crippen LogP contribution in [0.2, 0.25) is 0 Å². The summed E-state index contributed by atoms with van der Waals surface area (Å²) in [5.74, 6) is 0.235. The SMILES string of the molecule is CCCCCCC(C)N1C(=O)CNC1c1ccsc1. The van der Waals surface area contributed by atoms with Gasteiger partial charge in [-0.2, -0.15) is 11.3 Å². The van der Waals surface area contributed by atoms with E-state index < -0.39 is 0 Å². The third-order valence-corrected chi connectivity index (χ3v) is 4.52. The molecule has 4 heteroatoms. The summed E-state index contributed by atoms with van der Waals surface area (Å²) in [4.78, 5) is 14.1. The second kappa shape index (κ2) is 7.06. The Labute approximate surface area is 120 Å². The Morgan fingerprint density at radius 1 is 1.47 bits per heavy atom. The number of rotatable bonds is 7. The summed E-state index contributed by atoms with van der Waals surface area (Å²) in [7, 11) is 0. The number of unbranched alkanes of at least 4 members (excludes halogenated alkanes) is 3. The van der Waals surface area contributed by atoms with Crippen molar-refractivity contribution in [3.05, 3.63) is 22.4 Å². The topological polar surface area (TPSA) is 32.3 Å². The molecule has 106 valence electrons. The quantitative estimate of drug-likeness (QED) is 0.775. The van der Waals surface area contributed by atoms with Crippen LogP contribution in [0.25, 0.3) is 0 Å². The first-order valence-electron chi connectivity index (χ1n) is 7.30. The molecule has 2 unspecified atom stereocenters. The number of hydrogen-bond acceptors (Lipinski definition) is 3. The first-order valence-corrected chi connectivity index (χ1v) is 8.25. The Kier molecular flexibility index (Phi) is 5.40. The summed E-state index contributed by atoms with van der Waals surface area (Å²) in [6.45, 7) is 4.87. The number of thiophene rings is 1. The molecule has 1 aliphatic heterocycles. The van der Waals surface area contributed by atoms with E-state index in [4.69, 9.17) is 0 Å². The van der Waals surface area contributed by atoms with E-state index in [1.165, 1.54) is 31.2 Å². The highest BCUT2D eigenvalue weighted by molar-refractivity contribution is 7.07. The molecule has 1 aromatic rings. The highest BCUT2D eigenvalue weighted by Gasteiger charge is 2.34. The van der Waals surface area contributed by atoms with E-state index in [0.29, 0.717) is 12.6 Å². The van der Waals surface area contributed by atoms with Crippen molar-refractivity contribution in [2.24, 2.45) is 0 Å². The number of hydrogen-bond donors (Lipinski definition) is 1. The molecule has 1 amide bonds. The van der Waals surface area contributed by atoms with Crippen LogP contribution in [0.5, 0.6) is 0 Å². The molecule has 0 aromatic carbocycles. The van der Waals surface area contributed by atoms with Gasteiger partial charge in [0.25, 0.3) is 0 Å². The second-order valence-corrected chi connectivity index (χ2v) is 6.12. The predicted octanol–water partition coefficient (Wildman–Crippen LogP) is 3.54. The van der Waals surface area contributed by atoms with Gasteiger partial charge in [-0.25, -0.2) is 0 Å². The standard InChI is InChI=1S/C15H24N2OS/c1-3-4-5-6-7-12(2)17-14(18)10-16-15(17)13-8-9-19-11-13/h8-9,11-12,15-16H,3-7,10H2,1-2H3. The number of nitrogens with zero attached hydrogens (tertiary/aromatic N) is 1. The summed E-state index contributed by atoms with van der Waals surface area (Å²) in [6, 6.07) is 2.43. The Morgan fingerprint density at radius 3 is 3.00 bits per heavy atom. The van der Waals surface area contributed by atoms with Gasteiger partial charge >= 0.3 is 0 Å². The van der Waals surface area contributed by atoms with E-state index in [0.717, 1.165) is 6.42 Å².